The smallest absolute Gasteiger partial charge is 0.254 e. The van der Waals surface area contributed by atoms with Crippen LogP contribution in [0.15, 0.2) is 48.5 Å². The minimum Gasteiger partial charge on any atom is -0.497 e. The molecular formula is C21H19N5O4S. The molecule has 0 fully saturated rings. The highest BCUT2D eigenvalue weighted by molar-refractivity contribution is 7.15. The number of rotatable bonds is 6. The van der Waals surface area contributed by atoms with Gasteiger partial charge in [0.2, 0.25) is 16.9 Å². The molecule has 0 bridgehead atoms. The Labute approximate surface area is 181 Å². The summed E-state index contributed by atoms with van der Waals surface area (Å²) in [6.45, 7) is 0. The Balaban J connectivity index is 1.36. The third kappa shape index (κ3) is 4.86. The monoisotopic (exact) mass is 437 g/mol. The first-order valence-electron chi connectivity index (χ1n) is 9.48. The minimum absolute atomic E-state index is 0.223. The van der Waals surface area contributed by atoms with Gasteiger partial charge in [-0.25, -0.2) is 0 Å². The number of nitrogens with zero attached hydrogens (tertiary/aromatic N) is 2. The van der Waals surface area contributed by atoms with E-state index in [-0.39, 0.29) is 6.42 Å². The largest absolute Gasteiger partial charge is 0.497 e. The number of amides is 3. The summed E-state index contributed by atoms with van der Waals surface area (Å²) in [6.07, 6.45) is 0.343. The zero-order valence-electron chi connectivity index (χ0n) is 16.5. The summed E-state index contributed by atoms with van der Waals surface area (Å²) >= 11 is 1.25. The molecule has 1 atom stereocenters. The fraction of sp³-hybridized carbons (Fsp3) is 0.190. The van der Waals surface area contributed by atoms with Crippen LogP contribution in [0.3, 0.4) is 0 Å². The Hall–Kier alpha value is -3.79. The predicted molar refractivity (Wildman–Crippen MR) is 115 cm³/mol. The van der Waals surface area contributed by atoms with E-state index in [0.717, 1.165) is 16.3 Å². The number of aromatic nitrogens is 2. The van der Waals surface area contributed by atoms with Gasteiger partial charge in [0.25, 0.3) is 5.91 Å². The molecule has 10 heteroatoms. The maximum atomic E-state index is 12.4. The summed E-state index contributed by atoms with van der Waals surface area (Å²) in [5, 5.41) is 17.1. The Bertz CT molecular complexity index is 1130. The Morgan fingerprint density at radius 2 is 1.90 bits per heavy atom. The topological polar surface area (TPSA) is 122 Å². The van der Waals surface area contributed by atoms with Crippen LogP contribution in [-0.4, -0.2) is 41.1 Å². The second-order valence-electron chi connectivity index (χ2n) is 6.84. The van der Waals surface area contributed by atoms with E-state index in [1.54, 1.807) is 31.4 Å². The third-order valence-electron chi connectivity index (χ3n) is 4.67. The van der Waals surface area contributed by atoms with Crippen molar-refractivity contribution in [3.05, 3.63) is 64.7 Å². The van der Waals surface area contributed by atoms with E-state index >= 15 is 0 Å². The van der Waals surface area contributed by atoms with Gasteiger partial charge in [0.05, 0.1) is 24.8 Å². The predicted octanol–water partition coefficient (Wildman–Crippen LogP) is 2.22. The van der Waals surface area contributed by atoms with Gasteiger partial charge in [-0.15, -0.1) is 10.2 Å². The van der Waals surface area contributed by atoms with Gasteiger partial charge in [0.15, 0.2) is 0 Å². The van der Waals surface area contributed by atoms with Crippen molar-refractivity contribution < 1.29 is 19.1 Å². The van der Waals surface area contributed by atoms with Crippen LogP contribution in [0.4, 0.5) is 10.8 Å². The van der Waals surface area contributed by atoms with E-state index in [4.69, 9.17) is 4.74 Å². The van der Waals surface area contributed by atoms with E-state index in [1.807, 2.05) is 24.3 Å². The highest BCUT2D eigenvalue weighted by Gasteiger charge is 2.29. The molecule has 0 radical (unpaired) electrons. The van der Waals surface area contributed by atoms with Crippen molar-refractivity contribution >= 4 is 39.9 Å². The van der Waals surface area contributed by atoms with E-state index in [9.17, 15) is 14.4 Å². The molecule has 9 nitrogen and oxygen atoms in total. The summed E-state index contributed by atoms with van der Waals surface area (Å²) in [6, 6.07) is 13.3. The van der Waals surface area contributed by atoms with Gasteiger partial charge in [0.1, 0.15) is 16.8 Å². The van der Waals surface area contributed by atoms with Gasteiger partial charge in [0, 0.05) is 6.42 Å². The van der Waals surface area contributed by atoms with Crippen molar-refractivity contribution in [1.82, 2.24) is 15.5 Å². The molecule has 2 aromatic carbocycles. The quantitative estimate of drug-likeness (QED) is 0.544. The minimum atomic E-state index is -0.994. The third-order valence-corrected chi connectivity index (χ3v) is 5.51. The highest BCUT2D eigenvalue weighted by atomic mass is 32.1. The molecule has 0 saturated carbocycles. The van der Waals surface area contributed by atoms with Crippen molar-refractivity contribution in [2.75, 3.05) is 17.7 Å². The number of anilines is 2. The second-order valence-corrected chi connectivity index (χ2v) is 7.90. The molecule has 1 aliphatic rings. The van der Waals surface area contributed by atoms with Crippen molar-refractivity contribution in [3.63, 3.8) is 0 Å². The number of carbonyl (C=O) groups excluding carboxylic acids is 3. The van der Waals surface area contributed by atoms with E-state index in [0.29, 0.717) is 22.8 Å². The standard InChI is InChI=1S/C21H19N5O4S/c1-30-13-8-6-12(7-9-13)10-18-25-26-21(31-18)24-17(27)11-16-20(29)22-15-5-3-2-4-14(15)19(28)23-16/h2-9,16H,10-11H2,1H3,(H,22,29)(H,23,28)(H,24,26,27)/t16-/m0/s1. The number of ether oxygens (including phenoxy) is 1. The molecule has 31 heavy (non-hydrogen) atoms. The molecule has 4 rings (SSSR count). The maximum absolute atomic E-state index is 12.4. The first-order valence-corrected chi connectivity index (χ1v) is 10.3. The lowest BCUT2D eigenvalue weighted by molar-refractivity contribution is -0.122. The first kappa shape index (κ1) is 20.5. The number of nitrogens with one attached hydrogen (secondary N) is 3. The van der Waals surface area contributed by atoms with Gasteiger partial charge in [-0.2, -0.15) is 0 Å². The number of para-hydroxylation sites is 1. The molecule has 3 N–H and O–H groups in total. The SMILES string of the molecule is COc1ccc(Cc2nnc(NC(=O)C[C@@H]3NC(=O)c4ccccc4NC3=O)s2)cc1. The van der Waals surface area contributed by atoms with Crippen LogP contribution in [0, 0.1) is 0 Å². The van der Waals surface area contributed by atoms with Crippen molar-refractivity contribution in [2.24, 2.45) is 0 Å². The summed E-state index contributed by atoms with van der Waals surface area (Å²) < 4.78 is 5.14. The van der Waals surface area contributed by atoms with Crippen LogP contribution in [0.5, 0.6) is 5.75 Å². The highest BCUT2D eigenvalue weighted by Crippen LogP contribution is 2.22. The summed E-state index contributed by atoms with van der Waals surface area (Å²) in [4.78, 5) is 37.2. The van der Waals surface area contributed by atoms with Crippen molar-refractivity contribution in [3.8, 4) is 5.75 Å². The lowest BCUT2D eigenvalue weighted by atomic mass is 10.1. The van der Waals surface area contributed by atoms with Crippen LogP contribution in [0.2, 0.25) is 0 Å². The molecule has 0 unspecified atom stereocenters. The van der Waals surface area contributed by atoms with Crippen LogP contribution in [0.1, 0.15) is 27.3 Å². The maximum Gasteiger partial charge on any atom is 0.254 e. The Kier molecular flexibility index (Phi) is 5.89. The van der Waals surface area contributed by atoms with Gasteiger partial charge in [-0.05, 0) is 29.8 Å². The van der Waals surface area contributed by atoms with Crippen molar-refractivity contribution in [2.45, 2.75) is 18.9 Å². The van der Waals surface area contributed by atoms with Gasteiger partial charge in [-0.3, -0.25) is 14.4 Å². The van der Waals surface area contributed by atoms with Gasteiger partial charge < -0.3 is 20.7 Å². The number of hydrogen-bond acceptors (Lipinski definition) is 7. The molecule has 2 heterocycles. The lowest BCUT2D eigenvalue weighted by Gasteiger charge is -2.13. The average Bonchev–Trinajstić information content (AvgIpc) is 3.15. The van der Waals surface area contributed by atoms with Crippen LogP contribution < -0.4 is 20.7 Å². The lowest BCUT2D eigenvalue weighted by Crippen LogP contribution is -2.43. The summed E-state index contributed by atoms with van der Waals surface area (Å²) in [7, 11) is 1.61. The van der Waals surface area contributed by atoms with Gasteiger partial charge >= 0.3 is 0 Å². The number of hydrogen-bond donors (Lipinski definition) is 3. The number of carbonyl (C=O) groups is 3. The van der Waals surface area contributed by atoms with Crippen molar-refractivity contribution in [1.29, 1.82) is 0 Å². The summed E-state index contributed by atoms with van der Waals surface area (Å²) in [5.74, 6) is -0.541. The number of benzene rings is 2. The molecule has 1 aromatic heterocycles. The normalized spacial score (nSPS) is 15.3. The fourth-order valence-electron chi connectivity index (χ4n) is 3.10. The molecule has 1 aliphatic heterocycles. The zero-order valence-corrected chi connectivity index (χ0v) is 17.4. The Morgan fingerprint density at radius 3 is 2.68 bits per heavy atom. The van der Waals surface area contributed by atoms with Crippen LogP contribution >= 0.6 is 11.3 Å². The van der Waals surface area contributed by atoms with E-state index < -0.39 is 23.8 Å². The van der Waals surface area contributed by atoms with Gasteiger partial charge in [-0.1, -0.05) is 35.6 Å². The molecule has 3 amide bonds. The molecular weight excluding hydrogens is 418 g/mol. The molecule has 3 aromatic rings. The molecule has 0 saturated heterocycles. The molecule has 0 aliphatic carbocycles. The Morgan fingerprint density at radius 1 is 1.13 bits per heavy atom. The van der Waals surface area contributed by atoms with Crippen LogP contribution in [-0.2, 0) is 16.0 Å². The molecule has 158 valence electrons. The van der Waals surface area contributed by atoms with Crippen LogP contribution in [0.25, 0.3) is 0 Å². The number of methoxy groups -OCH3 is 1. The first-order chi connectivity index (χ1) is 15.0. The van der Waals surface area contributed by atoms with E-state index in [2.05, 4.69) is 26.1 Å². The second kappa shape index (κ2) is 8.92. The molecule has 0 spiro atoms. The fourth-order valence-corrected chi connectivity index (χ4v) is 3.89. The zero-order chi connectivity index (χ0) is 21.8. The van der Waals surface area contributed by atoms with E-state index in [1.165, 1.54) is 11.3 Å². The average molecular weight is 437 g/mol. The number of fused-ring (bicyclic) bond motifs is 1. The summed E-state index contributed by atoms with van der Waals surface area (Å²) in [5.41, 5.74) is 1.80.